The minimum Gasteiger partial charge on any atom is -0.466 e. The number of nitrogens with one attached hydrogen (secondary N) is 1. The van der Waals surface area contributed by atoms with Crippen molar-refractivity contribution in [2.24, 2.45) is 0 Å². The van der Waals surface area contributed by atoms with Crippen molar-refractivity contribution in [1.82, 2.24) is 5.32 Å². The predicted octanol–water partition coefficient (Wildman–Crippen LogP) is 4.43. The zero-order chi connectivity index (χ0) is 19.6. The maximum absolute atomic E-state index is 13.3. The fraction of sp³-hybridized carbons (Fsp3) is 0.200. The van der Waals surface area contributed by atoms with Gasteiger partial charge in [-0.3, -0.25) is 4.90 Å². The Bertz CT molecular complexity index is 895. The van der Waals surface area contributed by atoms with Crippen LogP contribution in [0.4, 0.5) is 10.1 Å². The summed E-state index contributed by atoms with van der Waals surface area (Å²) in [6.45, 7) is 1.81. The van der Waals surface area contributed by atoms with Crippen LogP contribution in [0.1, 0.15) is 18.5 Å². The van der Waals surface area contributed by atoms with E-state index in [0.29, 0.717) is 22.1 Å². The Hall–Kier alpha value is -2.38. The van der Waals surface area contributed by atoms with Crippen LogP contribution in [0, 0.1) is 5.82 Å². The number of halogens is 1. The van der Waals surface area contributed by atoms with Crippen molar-refractivity contribution in [3.8, 4) is 0 Å². The molecule has 0 bridgehead atoms. The number of hydrogen-bond donors (Lipinski definition) is 1. The van der Waals surface area contributed by atoms with Crippen molar-refractivity contribution in [3.05, 3.63) is 71.2 Å². The highest BCUT2D eigenvalue weighted by Crippen LogP contribution is 2.34. The molecule has 0 aliphatic carbocycles. The SMILES string of the molecule is COC(=O)C1=C(C)N(c2ccc(F)cc2)C(=S)N[C@H]1c1ccc(SC)cc1. The molecule has 7 heteroatoms. The molecule has 4 nitrogen and oxygen atoms in total. The highest BCUT2D eigenvalue weighted by molar-refractivity contribution is 7.98. The summed E-state index contributed by atoms with van der Waals surface area (Å²) in [5.74, 6) is -0.773. The molecule has 27 heavy (non-hydrogen) atoms. The molecule has 140 valence electrons. The van der Waals surface area contributed by atoms with Gasteiger partial charge in [-0.1, -0.05) is 12.1 Å². The van der Waals surface area contributed by atoms with Gasteiger partial charge in [0.2, 0.25) is 0 Å². The van der Waals surface area contributed by atoms with Crippen LogP contribution >= 0.6 is 24.0 Å². The van der Waals surface area contributed by atoms with E-state index in [0.717, 1.165) is 10.5 Å². The minimum absolute atomic E-state index is 0.337. The van der Waals surface area contributed by atoms with Crippen LogP contribution in [0.15, 0.2) is 64.7 Å². The van der Waals surface area contributed by atoms with Crippen molar-refractivity contribution < 1.29 is 13.9 Å². The average Bonchev–Trinajstić information content (AvgIpc) is 2.68. The van der Waals surface area contributed by atoms with E-state index in [2.05, 4.69) is 5.32 Å². The molecule has 0 aromatic heterocycles. The Labute approximate surface area is 167 Å². The summed E-state index contributed by atoms with van der Waals surface area (Å²) >= 11 is 7.20. The third-order valence-corrected chi connectivity index (χ3v) is 5.47. The van der Waals surface area contributed by atoms with Crippen molar-refractivity contribution in [2.45, 2.75) is 17.9 Å². The lowest BCUT2D eigenvalue weighted by Crippen LogP contribution is -2.48. The summed E-state index contributed by atoms with van der Waals surface area (Å²) in [5.41, 5.74) is 2.70. The van der Waals surface area contributed by atoms with E-state index < -0.39 is 12.0 Å². The van der Waals surface area contributed by atoms with Gasteiger partial charge >= 0.3 is 5.97 Å². The molecular formula is C20H19FN2O2S2. The fourth-order valence-electron chi connectivity index (χ4n) is 3.06. The molecule has 1 N–H and O–H groups in total. The molecule has 0 saturated carbocycles. The van der Waals surface area contributed by atoms with Gasteiger partial charge in [0.1, 0.15) is 5.82 Å². The first kappa shape index (κ1) is 19.4. The molecule has 2 aromatic carbocycles. The van der Waals surface area contributed by atoms with E-state index in [4.69, 9.17) is 17.0 Å². The number of allylic oxidation sites excluding steroid dienone is 1. The Morgan fingerprint density at radius 1 is 1.19 bits per heavy atom. The van der Waals surface area contributed by atoms with Gasteiger partial charge in [0.15, 0.2) is 5.11 Å². The number of anilines is 1. The second kappa shape index (κ2) is 8.10. The number of thiocarbonyl (C=S) groups is 1. The normalized spacial score (nSPS) is 17.0. The largest absolute Gasteiger partial charge is 0.466 e. The average molecular weight is 403 g/mol. The topological polar surface area (TPSA) is 41.6 Å². The second-order valence-electron chi connectivity index (χ2n) is 5.96. The maximum atomic E-state index is 13.3. The van der Waals surface area contributed by atoms with Crippen LogP contribution in [-0.2, 0) is 9.53 Å². The Balaban J connectivity index is 2.09. The Morgan fingerprint density at radius 3 is 2.37 bits per heavy atom. The van der Waals surface area contributed by atoms with Crippen molar-refractivity contribution in [3.63, 3.8) is 0 Å². The van der Waals surface area contributed by atoms with Crippen LogP contribution in [0.5, 0.6) is 0 Å². The van der Waals surface area contributed by atoms with Gasteiger partial charge < -0.3 is 10.1 Å². The second-order valence-corrected chi connectivity index (χ2v) is 7.22. The number of carbonyl (C=O) groups excluding carboxylic acids is 1. The number of hydrogen-bond acceptors (Lipinski definition) is 4. The molecule has 1 aliphatic heterocycles. The highest BCUT2D eigenvalue weighted by atomic mass is 32.2. The van der Waals surface area contributed by atoms with Crippen LogP contribution in [0.25, 0.3) is 0 Å². The molecule has 0 amide bonds. The zero-order valence-corrected chi connectivity index (χ0v) is 16.8. The first-order valence-corrected chi connectivity index (χ1v) is 9.88. The summed E-state index contributed by atoms with van der Waals surface area (Å²) in [6, 6.07) is 13.5. The molecule has 1 atom stereocenters. The molecule has 2 aromatic rings. The number of esters is 1. The molecule has 0 unspecified atom stereocenters. The van der Waals surface area contributed by atoms with Gasteiger partial charge in [-0.25, -0.2) is 9.18 Å². The number of methoxy groups -OCH3 is 1. The van der Waals surface area contributed by atoms with Gasteiger partial charge in [-0.05, 0) is 67.4 Å². The van der Waals surface area contributed by atoms with Crippen molar-refractivity contribution >= 4 is 40.7 Å². The van der Waals surface area contributed by atoms with Gasteiger partial charge in [-0.2, -0.15) is 0 Å². The third-order valence-electron chi connectivity index (χ3n) is 4.42. The summed E-state index contributed by atoms with van der Waals surface area (Å²) < 4.78 is 18.3. The molecule has 1 aliphatic rings. The lowest BCUT2D eigenvalue weighted by molar-refractivity contribution is -0.136. The van der Waals surface area contributed by atoms with Crippen LogP contribution in [0.3, 0.4) is 0 Å². The Morgan fingerprint density at radius 2 is 1.81 bits per heavy atom. The van der Waals surface area contributed by atoms with E-state index in [1.165, 1.54) is 19.2 Å². The number of carbonyl (C=O) groups is 1. The molecule has 1 heterocycles. The number of rotatable bonds is 4. The van der Waals surface area contributed by atoms with E-state index >= 15 is 0 Å². The van der Waals surface area contributed by atoms with E-state index in [-0.39, 0.29) is 5.82 Å². The lowest BCUT2D eigenvalue weighted by Gasteiger charge is -2.37. The van der Waals surface area contributed by atoms with Crippen LogP contribution in [-0.4, -0.2) is 24.4 Å². The van der Waals surface area contributed by atoms with Crippen molar-refractivity contribution in [1.29, 1.82) is 0 Å². The molecule has 0 fully saturated rings. The molecule has 0 saturated heterocycles. The molecule has 3 rings (SSSR count). The summed E-state index contributed by atoms with van der Waals surface area (Å²) in [6.07, 6.45) is 2.01. The monoisotopic (exact) mass is 402 g/mol. The summed E-state index contributed by atoms with van der Waals surface area (Å²) in [4.78, 5) is 15.4. The number of thioether (sulfide) groups is 1. The molecular weight excluding hydrogens is 383 g/mol. The molecule has 0 radical (unpaired) electrons. The summed E-state index contributed by atoms with van der Waals surface area (Å²) in [7, 11) is 1.35. The van der Waals surface area contributed by atoms with Gasteiger partial charge in [0.05, 0.1) is 18.7 Å². The van der Waals surface area contributed by atoms with E-state index in [1.807, 2.05) is 37.4 Å². The number of benzene rings is 2. The third kappa shape index (κ3) is 3.84. The first-order valence-electron chi connectivity index (χ1n) is 8.25. The molecule has 0 spiro atoms. The smallest absolute Gasteiger partial charge is 0.337 e. The first-order chi connectivity index (χ1) is 13.0. The highest BCUT2D eigenvalue weighted by Gasteiger charge is 2.35. The quantitative estimate of drug-likeness (QED) is 0.464. The maximum Gasteiger partial charge on any atom is 0.337 e. The summed E-state index contributed by atoms with van der Waals surface area (Å²) in [5, 5.41) is 3.66. The van der Waals surface area contributed by atoms with Gasteiger partial charge in [0, 0.05) is 16.3 Å². The van der Waals surface area contributed by atoms with E-state index in [9.17, 15) is 9.18 Å². The van der Waals surface area contributed by atoms with Gasteiger partial charge in [-0.15, -0.1) is 11.8 Å². The minimum atomic E-state index is -0.437. The van der Waals surface area contributed by atoms with Crippen LogP contribution in [0.2, 0.25) is 0 Å². The van der Waals surface area contributed by atoms with Gasteiger partial charge in [0.25, 0.3) is 0 Å². The van der Waals surface area contributed by atoms with Crippen LogP contribution < -0.4 is 10.2 Å². The van der Waals surface area contributed by atoms with E-state index in [1.54, 1.807) is 28.8 Å². The lowest BCUT2D eigenvalue weighted by atomic mass is 9.95. The zero-order valence-electron chi connectivity index (χ0n) is 15.2. The number of ether oxygens (including phenoxy) is 1. The predicted molar refractivity (Wildman–Crippen MR) is 110 cm³/mol. The standard InChI is InChI=1S/C20H19FN2O2S2/c1-12-17(19(24)25-2)18(13-4-10-16(27-3)11-5-13)22-20(26)23(12)15-8-6-14(21)7-9-15/h4-11,18H,1-3H3,(H,22,26)/t18-/m0/s1. The fourth-order valence-corrected chi connectivity index (χ4v) is 3.83. The van der Waals surface area contributed by atoms with Crippen molar-refractivity contribution in [2.75, 3.05) is 18.3 Å². The Kier molecular flexibility index (Phi) is 5.82. The number of nitrogens with zero attached hydrogens (tertiary/aromatic N) is 1.